The maximum Gasteiger partial charge on any atom is 0.308 e. The molecule has 6 nitrogen and oxygen atoms in total. The fourth-order valence-corrected chi connectivity index (χ4v) is 3.36. The van der Waals surface area contributed by atoms with Crippen LogP contribution in [0.5, 0.6) is 17.2 Å². The molecule has 0 aliphatic carbocycles. The lowest BCUT2D eigenvalue weighted by Gasteiger charge is -2.10. The first-order chi connectivity index (χ1) is 16.5. The first-order valence-electron chi connectivity index (χ1n) is 10.7. The zero-order chi connectivity index (χ0) is 23.9. The van der Waals surface area contributed by atoms with Crippen LogP contribution in [0.15, 0.2) is 78.9 Å². The van der Waals surface area contributed by atoms with E-state index in [2.05, 4.69) is 0 Å². The number of hydrogen-bond donors (Lipinski definition) is 0. The summed E-state index contributed by atoms with van der Waals surface area (Å²) in [5, 5.41) is 0.977. The predicted molar refractivity (Wildman–Crippen MR) is 131 cm³/mol. The first kappa shape index (κ1) is 22.7. The molecule has 0 aliphatic rings. The summed E-state index contributed by atoms with van der Waals surface area (Å²) in [5.41, 5.74) is 3.34. The molecule has 4 rings (SSSR count). The van der Waals surface area contributed by atoms with Gasteiger partial charge < -0.3 is 14.2 Å². The smallest absolute Gasteiger partial charge is 0.308 e. The van der Waals surface area contributed by atoms with Crippen molar-refractivity contribution in [2.45, 2.75) is 20.5 Å². The van der Waals surface area contributed by atoms with E-state index in [1.54, 1.807) is 18.2 Å². The average Bonchev–Trinajstić information content (AvgIpc) is 2.83. The van der Waals surface area contributed by atoms with Crippen LogP contribution in [0.2, 0.25) is 0 Å². The van der Waals surface area contributed by atoms with E-state index in [1.165, 1.54) is 13.8 Å². The molecule has 3 aromatic carbocycles. The number of fused-ring (bicyclic) bond motifs is 1. The molecule has 0 radical (unpaired) electrons. The van der Waals surface area contributed by atoms with Crippen LogP contribution < -0.4 is 14.2 Å². The van der Waals surface area contributed by atoms with Gasteiger partial charge >= 0.3 is 11.9 Å². The highest BCUT2D eigenvalue weighted by Crippen LogP contribution is 2.30. The van der Waals surface area contributed by atoms with E-state index >= 15 is 0 Å². The lowest BCUT2D eigenvalue weighted by molar-refractivity contribution is -0.134. The molecule has 0 N–H and O–H groups in total. The molecule has 0 amide bonds. The molecule has 34 heavy (non-hydrogen) atoms. The number of nitrogens with zero attached hydrogens (tertiary/aromatic N) is 1. The van der Waals surface area contributed by atoms with E-state index in [-0.39, 0.29) is 11.5 Å². The Labute approximate surface area is 197 Å². The molecule has 4 aromatic rings. The van der Waals surface area contributed by atoms with Crippen LogP contribution in [0, 0.1) is 0 Å². The maximum absolute atomic E-state index is 11.4. The van der Waals surface area contributed by atoms with Crippen molar-refractivity contribution in [1.82, 2.24) is 4.98 Å². The summed E-state index contributed by atoms with van der Waals surface area (Å²) >= 11 is 0. The molecule has 6 heteroatoms. The van der Waals surface area contributed by atoms with Crippen LogP contribution in [0.4, 0.5) is 0 Å². The highest BCUT2D eigenvalue weighted by molar-refractivity contribution is 5.86. The Morgan fingerprint density at radius 3 is 2.29 bits per heavy atom. The lowest BCUT2D eigenvalue weighted by Crippen LogP contribution is -2.07. The summed E-state index contributed by atoms with van der Waals surface area (Å²) in [6.45, 7) is 3.03. The zero-order valence-corrected chi connectivity index (χ0v) is 18.9. The van der Waals surface area contributed by atoms with Crippen LogP contribution in [0.25, 0.3) is 23.1 Å². The van der Waals surface area contributed by atoms with Crippen molar-refractivity contribution in [2.75, 3.05) is 0 Å². The third-order valence-electron chi connectivity index (χ3n) is 4.86. The largest absolute Gasteiger partial charge is 0.487 e. The van der Waals surface area contributed by atoms with E-state index in [4.69, 9.17) is 19.2 Å². The molecule has 0 spiro atoms. The average molecular weight is 453 g/mol. The van der Waals surface area contributed by atoms with Crippen LogP contribution in [0.1, 0.15) is 30.7 Å². The second kappa shape index (κ2) is 10.4. The minimum atomic E-state index is -0.506. The molecular formula is C28H23NO5. The highest BCUT2D eigenvalue weighted by Gasteiger charge is 2.11. The minimum Gasteiger partial charge on any atom is -0.487 e. The summed E-state index contributed by atoms with van der Waals surface area (Å²) in [6.07, 6.45) is 3.69. The lowest BCUT2D eigenvalue weighted by atomic mass is 10.1. The summed E-state index contributed by atoms with van der Waals surface area (Å²) in [7, 11) is 0. The maximum atomic E-state index is 11.4. The van der Waals surface area contributed by atoms with Crippen molar-refractivity contribution in [3.05, 3.63) is 95.7 Å². The second-order valence-corrected chi connectivity index (χ2v) is 7.57. The quantitative estimate of drug-likeness (QED) is 0.259. The molecule has 0 unspecified atom stereocenters. The standard InChI is InChI=1S/C28H23NO5/c1-19(30)33-25-16-12-21(17-27(25)34-20(2)31)11-14-24-15-13-23-9-6-10-26(28(23)29-24)32-18-22-7-4-3-5-8-22/h3-17H,18H2,1-2H3/b14-11+. The van der Waals surface area contributed by atoms with Crippen LogP contribution in [0.3, 0.4) is 0 Å². The van der Waals surface area contributed by atoms with Crippen molar-refractivity contribution in [3.63, 3.8) is 0 Å². The van der Waals surface area contributed by atoms with Crippen molar-refractivity contribution in [3.8, 4) is 17.2 Å². The number of carbonyl (C=O) groups is 2. The van der Waals surface area contributed by atoms with Gasteiger partial charge in [0.15, 0.2) is 11.5 Å². The van der Waals surface area contributed by atoms with Gasteiger partial charge in [0.05, 0.1) is 5.69 Å². The number of hydrogen-bond acceptors (Lipinski definition) is 6. The Balaban J connectivity index is 1.58. The molecule has 0 aliphatic heterocycles. The van der Waals surface area contributed by atoms with Gasteiger partial charge in [0.25, 0.3) is 0 Å². The Morgan fingerprint density at radius 2 is 1.53 bits per heavy atom. The molecule has 0 atom stereocenters. The van der Waals surface area contributed by atoms with E-state index in [9.17, 15) is 9.59 Å². The first-order valence-corrected chi connectivity index (χ1v) is 10.7. The normalized spacial score (nSPS) is 10.9. The number of rotatable bonds is 7. The van der Waals surface area contributed by atoms with Gasteiger partial charge in [-0.2, -0.15) is 0 Å². The Kier molecular flexibility index (Phi) is 6.98. The van der Waals surface area contributed by atoms with Crippen molar-refractivity contribution < 1.29 is 23.8 Å². The van der Waals surface area contributed by atoms with Crippen LogP contribution in [-0.2, 0) is 16.2 Å². The fourth-order valence-electron chi connectivity index (χ4n) is 3.36. The molecule has 0 saturated carbocycles. The van der Waals surface area contributed by atoms with Crippen molar-refractivity contribution >= 4 is 35.0 Å². The summed E-state index contributed by atoms with van der Waals surface area (Å²) in [4.78, 5) is 27.5. The number of aromatic nitrogens is 1. The predicted octanol–water partition coefficient (Wildman–Crippen LogP) is 5.83. The fraction of sp³-hybridized carbons (Fsp3) is 0.107. The summed E-state index contributed by atoms with van der Waals surface area (Å²) < 4.78 is 16.4. The monoisotopic (exact) mass is 453 g/mol. The van der Waals surface area contributed by atoms with Gasteiger partial charge in [-0.05, 0) is 41.5 Å². The molecule has 0 saturated heterocycles. The molecule has 0 bridgehead atoms. The van der Waals surface area contributed by atoms with E-state index in [1.807, 2.05) is 72.8 Å². The summed E-state index contributed by atoms with van der Waals surface area (Å²) in [5.74, 6) is 0.0624. The molecular weight excluding hydrogens is 430 g/mol. The van der Waals surface area contributed by atoms with E-state index in [0.29, 0.717) is 12.4 Å². The zero-order valence-electron chi connectivity index (χ0n) is 18.9. The number of ether oxygens (including phenoxy) is 3. The molecule has 0 fully saturated rings. The van der Waals surface area contributed by atoms with Crippen LogP contribution >= 0.6 is 0 Å². The third-order valence-corrected chi connectivity index (χ3v) is 4.86. The van der Waals surface area contributed by atoms with Crippen LogP contribution in [-0.4, -0.2) is 16.9 Å². The van der Waals surface area contributed by atoms with E-state index in [0.717, 1.165) is 27.7 Å². The Bertz CT molecular complexity index is 1360. The van der Waals surface area contributed by atoms with E-state index < -0.39 is 11.9 Å². The molecule has 1 aromatic heterocycles. The number of carbonyl (C=O) groups excluding carboxylic acids is 2. The van der Waals surface area contributed by atoms with Gasteiger partial charge in [0.1, 0.15) is 17.9 Å². The Hall–Kier alpha value is -4.45. The SMILES string of the molecule is CC(=O)Oc1ccc(/C=C/c2ccc3cccc(OCc4ccccc4)c3n2)cc1OC(C)=O. The van der Waals surface area contributed by atoms with Crippen molar-refractivity contribution in [1.29, 1.82) is 0 Å². The van der Waals surface area contributed by atoms with Gasteiger partial charge in [0, 0.05) is 19.2 Å². The number of pyridine rings is 1. The minimum absolute atomic E-state index is 0.174. The Morgan fingerprint density at radius 1 is 0.765 bits per heavy atom. The highest BCUT2D eigenvalue weighted by atomic mass is 16.6. The van der Waals surface area contributed by atoms with Gasteiger partial charge in [-0.15, -0.1) is 0 Å². The number of esters is 2. The molecule has 170 valence electrons. The summed E-state index contributed by atoms with van der Waals surface area (Å²) in [6, 6.07) is 24.7. The van der Waals surface area contributed by atoms with Gasteiger partial charge in [0.2, 0.25) is 0 Å². The van der Waals surface area contributed by atoms with Crippen molar-refractivity contribution in [2.24, 2.45) is 0 Å². The molecule has 1 heterocycles. The van der Waals surface area contributed by atoms with Gasteiger partial charge in [-0.1, -0.05) is 60.7 Å². The van der Waals surface area contributed by atoms with Gasteiger partial charge in [-0.25, -0.2) is 4.98 Å². The number of para-hydroxylation sites is 1. The third kappa shape index (κ3) is 5.86. The topological polar surface area (TPSA) is 74.7 Å². The van der Waals surface area contributed by atoms with Gasteiger partial charge in [-0.3, -0.25) is 9.59 Å². The second-order valence-electron chi connectivity index (χ2n) is 7.57. The number of benzene rings is 3.